The molecule has 0 spiro atoms. The summed E-state index contributed by atoms with van der Waals surface area (Å²) in [7, 11) is 0. The molecule has 1 saturated heterocycles. The molecule has 0 saturated carbocycles. The molecule has 6 heteroatoms. The summed E-state index contributed by atoms with van der Waals surface area (Å²) in [5.74, 6) is 0.523. The summed E-state index contributed by atoms with van der Waals surface area (Å²) >= 11 is 0. The van der Waals surface area contributed by atoms with E-state index in [2.05, 4.69) is 15.1 Å². The van der Waals surface area contributed by atoms with E-state index in [1.54, 1.807) is 24.4 Å². The highest BCUT2D eigenvalue weighted by Gasteiger charge is 2.21. The average molecular weight is 288 g/mol. The number of piperazine rings is 1. The predicted molar refractivity (Wildman–Crippen MR) is 78.8 cm³/mol. The number of aliphatic hydroxyl groups is 1. The molecule has 1 aliphatic heterocycles. The fraction of sp³-hybridized carbons (Fsp3) is 0.333. The molecule has 21 heavy (non-hydrogen) atoms. The van der Waals surface area contributed by atoms with E-state index in [1.807, 2.05) is 17.0 Å². The van der Waals surface area contributed by atoms with Gasteiger partial charge in [0.1, 0.15) is 0 Å². The first-order valence-electron chi connectivity index (χ1n) is 6.95. The van der Waals surface area contributed by atoms with Gasteiger partial charge in [-0.05, 0) is 18.2 Å². The van der Waals surface area contributed by atoms with Crippen LogP contribution in [0.5, 0.6) is 0 Å². The maximum Gasteiger partial charge on any atom is 0.151 e. The second-order valence-electron chi connectivity index (χ2n) is 4.96. The first kappa shape index (κ1) is 13.8. The van der Waals surface area contributed by atoms with Crippen molar-refractivity contribution in [2.45, 2.75) is 6.61 Å². The highest BCUT2D eigenvalue weighted by Crippen LogP contribution is 2.24. The molecule has 0 aliphatic carbocycles. The van der Waals surface area contributed by atoms with Gasteiger partial charge in [-0.1, -0.05) is 12.1 Å². The lowest BCUT2D eigenvalue weighted by atomic mass is 10.1. The number of hydrogen-bond donors (Lipinski definition) is 1. The lowest BCUT2D eigenvalue weighted by Crippen LogP contribution is -2.47. The Morgan fingerprint density at radius 2 is 1.81 bits per heavy atom. The Balaban J connectivity index is 1.72. The van der Waals surface area contributed by atoms with Crippen LogP contribution >= 0.6 is 0 Å². The van der Waals surface area contributed by atoms with Crippen LogP contribution in [0.4, 0.5) is 15.9 Å². The van der Waals surface area contributed by atoms with Gasteiger partial charge in [0.25, 0.3) is 0 Å². The summed E-state index contributed by atoms with van der Waals surface area (Å²) in [5.41, 5.74) is 0.893. The van der Waals surface area contributed by atoms with Crippen LogP contribution < -0.4 is 9.80 Å². The second-order valence-corrected chi connectivity index (χ2v) is 4.96. The molecular formula is C15H17FN4O. The molecule has 1 fully saturated rings. The zero-order chi connectivity index (χ0) is 14.7. The molecule has 5 nitrogen and oxygen atoms in total. The Bertz CT molecular complexity index is 600. The monoisotopic (exact) mass is 288 g/mol. The molecule has 0 atom stereocenters. The number of rotatable bonds is 3. The molecule has 1 N–H and O–H groups in total. The molecule has 1 aromatic heterocycles. The number of hydrogen-bond acceptors (Lipinski definition) is 5. The fourth-order valence-electron chi connectivity index (χ4n) is 2.57. The van der Waals surface area contributed by atoms with Crippen molar-refractivity contribution >= 4 is 11.5 Å². The fourth-order valence-corrected chi connectivity index (χ4v) is 2.57. The largest absolute Gasteiger partial charge is 0.392 e. The SMILES string of the molecule is OCc1cccc(N2CCN(c3cccnn3)CC2)c1F. The lowest BCUT2D eigenvalue weighted by Gasteiger charge is -2.36. The minimum Gasteiger partial charge on any atom is -0.392 e. The van der Waals surface area contributed by atoms with Crippen molar-refractivity contribution < 1.29 is 9.50 Å². The number of benzene rings is 1. The summed E-state index contributed by atoms with van der Waals surface area (Å²) in [6, 6.07) is 8.93. The van der Waals surface area contributed by atoms with Crippen LogP contribution in [0.15, 0.2) is 36.5 Å². The summed E-state index contributed by atoms with van der Waals surface area (Å²) in [4.78, 5) is 4.14. The number of halogens is 1. The lowest BCUT2D eigenvalue weighted by molar-refractivity contribution is 0.276. The van der Waals surface area contributed by atoms with Crippen molar-refractivity contribution in [3.05, 3.63) is 47.9 Å². The predicted octanol–water partition coefficient (Wildman–Crippen LogP) is 1.43. The zero-order valence-corrected chi connectivity index (χ0v) is 11.6. The summed E-state index contributed by atoms with van der Waals surface area (Å²) in [5, 5.41) is 17.1. The maximum atomic E-state index is 14.2. The molecular weight excluding hydrogens is 271 g/mol. The van der Waals surface area contributed by atoms with Crippen LogP contribution in [0.25, 0.3) is 0 Å². The minimum absolute atomic E-state index is 0.279. The van der Waals surface area contributed by atoms with E-state index in [9.17, 15) is 4.39 Å². The van der Waals surface area contributed by atoms with Gasteiger partial charge in [0, 0.05) is 37.9 Å². The highest BCUT2D eigenvalue weighted by molar-refractivity contribution is 5.52. The number of aliphatic hydroxyl groups excluding tert-OH is 1. The quantitative estimate of drug-likeness (QED) is 0.926. The molecule has 0 amide bonds. The van der Waals surface area contributed by atoms with E-state index < -0.39 is 0 Å². The van der Waals surface area contributed by atoms with Crippen LogP contribution in [-0.4, -0.2) is 41.5 Å². The molecule has 0 unspecified atom stereocenters. The van der Waals surface area contributed by atoms with Crippen LogP contribution in [0.3, 0.4) is 0 Å². The number of anilines is 2. The molecule has 1 aromatic carbocycles. The third kappa shape index (κ3) is 2.80. The van der Waals surface area contributed by atoms with Gasteiger partial charge in [-0.25, -0.2) is 4.39 Å². The first-order chi connectivity index (χ1) is 10.3. The zero-order valence-electron chi connectivity index (χ0n) is 11.6. The van der Waals surface area contributed by atoms with Crippen molar-refractivity contribution in [3.8, 4) is 0 Å². The van der Waals surface area contributed by atoms with E-state index in [-0.39, 0.29) is 12.4 Å². The van der Waals surface area contributed by atoms with Crippen molar-refractivity contribution in [3.63, 3.8) is 0 Å². The molecule has 0 bridgehead atoms. The van der Waals surface area contributed by atoms with Crippen LogP contribution in [0, 0.1) is 5.82 Å². The third-order valence-corrected chi connectivity index (χ3v) is 3.73. The number of aromatic nitrogens is 2. The Kier molecular flexibility index (Phi) is 3.96. The van der Waals surface area contributed by atoms with Gasteiger partial charge >= 0.3 is 0 Å². The van der Waals surface area contributed by atoms with Gasteiger partial charge in [0.2, 0.25) is 0 Å². The molecule has 2 aromatic rings. The van der Waals surface area contributed by atoms with E-state index in [4.69, 9.17) is 5.11 Å². The summed E-state index contributed by atoms with van der Waals surface area (Å²) < 4.78 is 14.2. The van der Waals surface area contributed by atoms with Gasteiger partial charge in [0.05, 0.1) is 12.3 Å². The van der Waals surface area contributed by atoms with E-state index >= 15 is 0 Å². The Morgan fingerprint density at radius 3 is 2.48 bits per heavy atom. The van der Waals surface area contributed by atoms with E-state index in [1.165, 1.54) is 0 Å². The van der Waals surface area contributed by atoms with Gasteiger partial charge in [-0.15, -0.1) is 5.10 Å². The minimum atomic E-state index is -0.326. The van der Waals surface area contributed by atoms with Crippen LogP contribution in [0.2, 0.25) is 0 Å². The van der Waals surface area contributed by atoms with Gasteiger partial charge in [0.15, 0.2) is 11.6 Å². The standard InChI is InChI=1S/C15H17FN4O/c16-15-12(11-21)3-1-4-13(15)19-7-9-20(10-8-19)14-5-2-6-17-18-14/h1-6,21H,7-11H2. The van der Waals surface area contributed by atoms with E-state index in [0.29, 0.717) is 24.3 Å². The van der Waals surface area contributed by atoms with Gasteiger partial charge in [-0.3, -0.25) is 0 Å². The maximum absolute atomic E-state index is 14.2. The first-order valence-corrected chi connectivity index (χ1v) is 6.95. The molecule has 1 aliphatic rings. The van der Waals surface area contributed by atoms with Crippen molar-refractivity contribution in [1.82, 2.24) is 10.2 Å². The summed E-state index contributed by atoms with van der Waals surface area (Å²) in [6.07, 6.45) is 1.65. The average Bonchev–Trinajstić information content (AvgIpc) is 2.56. The van der Waals surface area contributed by atoms with Crippen LogP contribution in [-0.2, 0) is 6.61 Å². The highest BCUT2D eigenvalue weighted by atomic mass is 19.1. The topological polar surface area (TPSA) is 52.5 Å². The summed E-state index contributed by atoms with van der Waals surface area (Å²) in [6.45, 7) is 2.67. The third-order valence-electron chi connectivity index (χ3n) is 3.73. The molecule has 110 valence electrons. The number of nitrogens with zero attached hydrogens (tertiary/aromatic N) is 4. The van der Waals surface area contributed by atoms with Crippen molar-refractivity contribution in [2.24, 2.45) is 0 Å². The molecule has 0 radical (unpaired) electrons. The molecule has 2 heterocycles. The van der Waals surface area contributed by atoms with E-state index in [0.717, 1.165) is 18.9 Å². The van der Waals surface area contributed by atoms with Crippen molar-refractivity contribution in [2.75, 3.05) is 36.0 Å². The van der Waals surface area contributed by atoms with Crippen LogP contribution in [0.1, 0.15) is 5.56 Å². The molecule has 3 rings (SSSR count). The Hall–Kier alpha value is -2.21. The second kappa shape index (κ2) is 6.05. The normalized spacial score (nSPS) is 15.3. The van der Waals surface area contributed by atoms with Crippen molar-refractivity contribution in [1.29, 1.82) is 0 Å². The van der Waals surface area contributed by atoms with Gasteiger partial charge in [-0.2, -0.15) is 5.10 Å². The smallest absolute Gasteiger partial charge is 0.151 e. The van der Waals surface area contributed by atoms with Gasteiger partial charge < -0.3 is 14.9 Å². The Labute approximate surface area is 122 Å². The Morgan fingerprint density at radius 1 is 1.05 bits per heavy atom.